The van der Waals surface area contributed by atoms with Gasteiger partial charge in [0, 0.05) is 12.2 Å². The van der Waals surface area contributed by atoms with Crippen LogP contribution in [0.15, 0.2) is 24.4 Å². The first-order valence-corrected chi connectivity index (χ1v) is 7.95. The number of hydrogen-bond donors (Lipinski definition) is 2. The number of nitrogens with zero attached hydrogens (tertiary/aromatic N) is 3. The summed E-state index contributed by atoms with van der Waals surface area (Å²) in [4.78, 5) is 4.49. The molecule has 0 aliphatic rings. The number of para-hydroxylation sites is 1. The molecule has 1 aromatic heterocycles. The summed E-state index contributed by atoms with van der Waals surface area (Å²) in [5.41, 5.74) is 3.71. The topological polar surface area (TPSA) is 62.7 Å². The lowest BCUT2D eigenvalue weighted by molar-refractivity contribution is 0.682. The van der Waals surface area contributed by atoms with E-state index in [-0.39, 0.29) is 0 Å². The standard InChI is InChI=1S/C17H25N5/c1-5-13-8-7-9-14(6-2)16(13)20-15-11-19-22-17(21-15)18-10-12(3)4/h7-9,11-12H,5-6,10H2,1-4H3,(H2,18,20,21,22). The molecule has 0 saturated carbocycles. The van der Waals surface area contributed by atoms with Gasteiger partial charge < -0.3 is 10.6 Å². The lowest BCUT2D eigenvalue weighted by atomic mass is 10.0. The molecule has 2 rings (SSSR count). The van der Waals surface area contributed by atoms with Gasteiger partial charge in [-0.05, 0) is 29.9 Å². The first kappa shape index (κ1) is 16.2. The molecule has 0 radical (unpaired) electrons. The highest BCUT2D eigenvalue weighted by Gasteiger charge is 2.08. The Kier molecular flexibility index (Phi) is 5.69. The van der Waals surface area contributed by atoms with Gasteiger partial charge in [-0.25, -0.2) is 0 Å². The molecule has 5 nitrogen and oxygen atoms in total. The number of rotatable bonds is 7. The molecular formula is C17H25N5. The van der Waals surface area contributed by atoms with Crippen molar-refractivity contribution in [3.05, 3.63) is 35.5 Å². The van der Waals surface area contributed by atoms with Gasteiger partial charge >= 0.3 is 0 Å². The van der Waals surface area contributed by atoms with E-state index < -0.39 is 0 Å². The maximum atomic E-state index is 4.49. The van der Waals surface area contributed by atoms with Gasteiger partial charge in [-0.15, -0.1) is 5.10 Å². The third-order valence-corrected chi connectivity index (χ3v) is 3.48. The first-order valence-electron chi connectivity index (χ1n) is 7.95. The molecule has 0 fully saturated rings. The molecule has 0 unspecified atom stereocenters. The van der Waals surface area contributed by atoms with Gasteiger partial charge in [0.05, 0.1) is 6.20 Å². The Morgan fingerprint density at radius 1 is 1.09 bits per heavy atom. The van der Waals surface area contributed by atoms with Gasteiger partial charge in [-0.1, -0.05) is 45.9 Å². The number of benzene rings is 1. The summed E-state index contributed by atoms with van der Waals surface area (Å²) < 4.78 is 0. The molecule has 2 aromatic rings. The fraction of sp³-hybridized carbons (Fsp3) is 0.471. The fourth-order valence-corrected chi connectivity index (χ4v) is 2.27. The summed E-state index contributed by atoms with van der Waals surface area (Å²) >= 11 is 0. The van der Waals surface area contributed by atoms with Crippen LogP contribution in [-0.2, 0) is 12.8 Å². The van der Waals surface area contributed by atoms with Crippen LogP contribution in [0, 0.1) is 5.92 Å². The van der Waals surface area contributed by atoms with Crippen LogP contribution < -0.4 is 10.6 Å². The largest absolute Gasteiger partial charge is 0.353 e. The number of anilines is 3. The summed E-state index contributed by atoms with van der Waals surface area (Å²) in [6.45, 7) is 9.44. The number of nitrogens with one attached hydrogen (secondary N) is 2. The van der Waals surface area contributed by atoms with E-state index in [4.69, 9.17) is 0 Å². The molecule has 0 saturated heterocycles. The van der Waals surface area contributed by atoms with E-state index in [0.717, 1.165) is 30.9 Å². The zero-order valence-corrected chi connectivity index (χ0v) is 13.8. The maximum absolute atomic E-state index is 4.49. The molecule has 0 spiro atoms. The molecule has 118 valence electrons. The molecule has 0 atom stereocenters. The molecule has 1 aromatic carbocycles. The fourth-order valence-electron chi connectivity index (χ4n) is 2.27. The number of hydrogen-bond acceptors (Lipinski definition) is 5. The second-order valence-electron chi connectivity index (χ2n) is 5.72. The quantitative estimate of drug-likeness (QED) is 0.814. The molecule has 2 N–H and O–H groups in total. The van der Waals surface area contributed by atoms with Gasteiger partial charge in [0.1, 0.15) is 0 Å². The molecule has 0 amide bonds. The lowest BCUT2D eigenvalue weighted by Crippen LogP contribution is -2.12. The summed E-state index contributed by atoms with van der Waals surface area (Å²) in [6, 6.07) is 6.40. The first-order chi connectivity index (χ1) is 10.6. The average molecular weight is 299 g/mol. The normalized spacial score (nSPS) is 10.8. The highest BCUT2D eigenvalue weighted by atomic mass is 15.3. The highest BCUT2D eigenvalue weighted by Crippen LogP contribution is 2.25. The zero-order valence-electron chi connectivity index (χ0n) is 13.8. The van der Waals surface area contributed by atoms with Gasteiger partial charge in [0.25, 0.3) is 0 Å². The Bertz CT molecular complexity index is 587. The van der Waals surface area contributed by atoms with Crippen molar-refractivity contribution in [1.82, 2.24) is 15.2 Å². The van der Waals surface area contributed by atoms with Crippen molar-refractivity contribution in [3.8, 4) is 0 Å². The second kappa shape index (κ2) is 7.73. The van der Waals surface area contributed by atoms with Crippen LogP contribution in [0.1, 0.15) is 38.8 Å². The van der Waals surface area contributed by atoms with E-state index in [0.29, 0.717) is 11.9 Å². The maximum Gasteiger partial charge on any atom is 0.244 e. The van der Waals surface area contributed by atoms with Crippen LogP contribution in [0.4, 0.5) is 17.5 Å². The average Bonchev–Trinajstić information content (AvgIpc) is 2.53. The Morgan fingerprint density at radius 2 is 1.77 bits per heavy atom. The third kappa shape index (κ3) is 4.16. The van der Waals surface area contributed by atoms with Crippen LogP contribution in [0.2, 0.25) is 0 Å². The van der Waals surface area contributed by atoms with E-state index >= 15 is 0 Å². The predicted octanol–water partition coefficient (Wildman–Crippen LogP) is 3.81. The zero-order chi connectivity index (χ0) is 15.9. The van der Waals surface area contributed by atoms with Gasteiger partial charge in [-0.2, -0.15) is 10.1 Å². The van der Waals surface area contributed by atoms with E-state index in [1.807, 2.05) is 0 Å². The van der Waals surface area contributed by atoms with E-state index in [1.165, 1.54) is 11.1 Å². The Morgan fingerprint density at radius 3 is 2.36 bits per heavy atom. The minimum absolute atomic E-state index is 0.535. The molecular weight excluding hydrogens is 274 g/mol. The Hall–Kier alpha value is -2.17. The van der Waals surface area contributed by atoms with Crippen molar-refractivity contribution >= 4 is 17.5 Å². The van der Waals surface area contributed by atoms with E-state index in [9.17, 15) is 0 Å². The van der Waals surface area contributed by atoms with Gasteiger partial charge in [-0.3, -0.25) is 0 Å². The second-order valence-corrected chi connectivity index (χ2v) is 5.72. The van der Waals surface area contributed by atoms with E-state index in [1.54, 1.807) is 6.20 Å². The van der Waals surface area contributed by atoms with Crippen LogP contribution in [-0.4, -0.2) is 21.7 Å². The molecule has 0 bridgehead atoms. The van der Waals surface area contributed by atoms with Crippen molar-refractivity contribution < 1.29 is 0 Å². The number of aryl methyl sites for hydroxylation is 2. The number of aromatic nitrogens is 3. The SMILES string of the molecule is CCc1cccc(CC)c1Nc1cnnc(NCC(C)C)n1. The minimum atomic E-state index is 0.535. The summed E-state index contributed by atoms with van der Waals surface area (Å²) in [7, 11) is 0. The van der Waals surface area contributed by atoms with Crippen molar-refractivity contribution in [3.63, 3.8) is 0 Å². The van der Waals surface area contributed by atoms with Crippen LogP contribution in [0.3, 0.4) is 0 Å². The van der Waals surface area contributed by atoms with Crippen molar-refractivity contribution in [1.29, 1.82) is 0 Å². The molecule has 22 heavy (non-hydrogen) atoms. The molecule has 0 aliphatic heterocycles. The van der Waals surface area contributed by atoms with Crippen molar-refractivity contribution in [2.45, 2.75) is 40.5 Å². The van der Waals surface area contributed by atoms with E-state index in [2.05, 4.69) is 71.7 Å². The van der Waals surface area contributed by atoms with Gasteiger partial charge in [0.2, 0.25) is 5.95 Å². The Labute approximate surface area is 132 Å². The van der Waals surface area contributed by atoms with Crippen LogP contribution in [0.5, 0.6) is 0 Å². The predicted molar refractivity (Wildman–Crippen MR) is 91.6 cm³/mol. The smallest absolute Gasteiger partial charge is 0.244 e. The Balaban J connectivity index is 2.22. The third-order valence-electron chi connectivity index (χ3n) is 3.48. The van der Waals surface area contributed by atoms with Crippen molar-refractivity contribution in [2.75, 3.05) is 17.2 Å². The van der Waals surface area contributed by atoms with Crippen LogP contribution >= 0.6 is 0 Å². The minimum Gasteiger partial charge on any atom is -0.353 e. The summed E-state index contributed by atoms with van der Waals surface area (Å²) in [6.07, 6.45) is 3.62. The van der Waals surface area contributed by atoms with Crippen LogP contribution in [0.25, 0.3) is 0 Å². The lowest BCUT2D eigenvalue weighted by Gasteiger charge is -2.15. The van der Waals surface area contributed by atoms with Crippen molar-refractivity contribution in [2.24, 2.45) is 5.92 Å². The molecule has 0 aliphatic carbocycles. The van der Waals surface area contributed by atoms with Gasteiger partial charge in [0.15, 0.2) is 5.82 Å². The monoisotopic (exact) mass is 299 g/mol. The molecule has 1 heterocycles. The summed E-state index contributed by atoms with van der Waals surface area (Å²) in [5, 5.41) is 14.7. The highest BCUT2D eigenvalue weighted by molar-refractivity contribution is 5.65. The molecule has 5 heteroatoms. The summed E-state index contributed by atoms with van der Waals surface area (Å²) in [5.74, 6) is 1.82.